The molecule has 0 spiro atoms. The maximum absolute atomic E-state index is 6.12. The fraction of sp³-hybridized carbons (Fsp3) is 0.167. The van der Waals surface area contributed by atoms with Gasteiger partial charge < -0.3 is 5.32 Å². The third-order valence-electron chi connectivity index (χ3n) is 2.36. The predicted octanol–water partition coefficient (Wildman–Crippen LogP) is 5.76. The molecule has 0 amide bonds. The Kier molecular flexibility index (Phi) is 5.36. The first-order valence-corrected chi connectivity index (χ1v) is 7.94. The Balaban J connectivity index is 2.00. The molecule has 1 heterocycles. The van der Waals surface area contributed by atoms with E-state index in [2.05, 4.69) is 32.7 Å². The average Bonchev–Trinajstić information content (AvgIpc) is 2.74. The van der Waals surface area contributed by atoms with E-state index in [0.717, 1.165) is 16.6 Å². The van der Waals surface area contributed by atoms with Gasteiger partial charge in [0.05, 0.1) is 10.0 Å². The van der Waals surface area contributed by atoms with Gasteiger partial charge in [0.25, 0.3) is 0 Å². The Hall–Kier alpha value is 0.230. The van der Waals surface area contributed by atoms with Crippen LogP contribution in [0.1, 0.15) is 10.4 Å². The molecular formula is C12H9BrCl3NS. The van der Waals surface area contributed by atoms with Gasteiger partial charge in [-0.05, 0) is 34.1 Å². The van der Waals surface area contributed by atoms with Crippen LogP contribution in [0.4, 0.5) is 0 Å². The van der Waals surface area contributed by atoms with E-state index in [1.54, 1.807) is 23.5 Å². The van der Waals surface area contributed by atoms with Crippen molar-refractivity contribution in [2.75, 3.05) is 0 Å². The highest BCUT2D eigenvalue weighted by Crippen LogP contribution is 2.31. The molecular weight excluding hydrogens is 376 g/mol. The van der Waals surface area contributed by atoms with Crippen molar-refractivity contribution in [2.45, 2.75) is 13.1 Å². The van der Waals surface area contributed by atoms with Gasteiger partial charge in [-0.2, -0.15) is 0 Å². The molecule has 0 saturated heterocycles. The Morgan fingerprint density at radius 1 is 1.11 bits per heavy atom. The quantitative estimate of drug-likeness (QED) is 0.660. The molecule has 2 aromatic rings. The first-order chi connectivity index (χ1) is 8.58. The molecule has 1 nitrogen and oxygen atoms in total. The van der Waals surface area contributed by atoms with E-state index >= 15 is 0 Å². The van der Waals surface area contributed by atoms with Gasteiger partial charge in [0, 0.05) is 38.4 Å². The molecule has 0 aliphatic rings. The van der Waals surface area contributed by atoms with E-state index in [-0.39, 0.29) is 0 Å². The molecule has 18 heavy (non-hydrogen) atoms. The number of hydrogen-bond acceptors (Lipinski definition) is 2. The van der Waals surface area contributed by atoms with Gasteiger partial charge >= 0.3 is 0 Å². The van der Waals surface area contributed by atoms with Crippen molar-refractivity contribution in [3.05, 3.63) is 53.6 Å². The van der Waals surface area contributed by atoms with Crippen molar-refractivity contribution in [3.8, 4) is 0 Å². The minimum absolute atomic E-state index is 0.518. The van der Waals surface area contributed by atoms with Gasteiger partial charge in [-0.1, -0.05) is 34.8 Å². The summed E-state index contributed by atoms with van der Waals surface area (Å²) in [5.41, 5.74) is 0.835. The first-order valence-electron chi connectivity index (χ1n) is 5.14. The Morgan fingerprint density at radius 2 is 1.83 bits per heavy atom. The monoisotopic (exact) mass is 383 g/mol. The Morgan fingerprint density at radius 3 is 2.50 bits per heavy atom. The van der Waals surface area contributed by atoms with Crippen molar-refractivity contribution in [1.29, 1.82) is 0 Å². The van der Waals surface area contributed by atoms with Crippen molar-refractivity contribution < 1.29 is 0 Å². The predicted molar refractivity (Wildman–Crippen MR) is 84.0 cm³/mol. The second-order valence-corrected chi connectivity index (χ2v) is 6.76. The summed E-state index contributed by atoms with van der Waals surface area (Å²) >= 11 is 23.3. The lowest BCUT2D eigenvalue weighted by molar-refractivity contribution is 0.701. The van der Waals surface area contributed by atoms with Gasteiger partial charge in [0.15, 0.2) is 0 Å². The maximum atomic E-state index is 6.12. The lowest BCUT2D eigenvalue weighted by Crippen LogP contribution is -2.12. The van der Waals surface area contributed by atoms with Crippen LogP contribution in [-0.2, 0) is 13.1 Å². The fourth-order valence-corrected chi connectivity index (χ4v) is 3.59. The minimum Gasteiger partial charge on any atom is -0.308 e. The number of rotatable bonds is 4. The van der Waals surface area contributed by atoms with Gasteiger partial charge in [-0.15, -0.1) is 11.3 Å². The number of nitrogens with one attached hydrogen (secondary N) is 1. The number of halogens is 4. The SMILES string of the molecule is Clc1ccc(Cl)c(CNCc2cc(Br)cs2)c1Cl. The van der Waals surface area contributed by atoms with Crippen molar-refractivity contribution in [1.82, 2.24) is 5.32 Å². The zero-order valence-electron chi connectivity index (χ0n) is 9.14. The summed E-state index contributed by atoms with van der Waals surface area (Å²) in [5, 5.41) is 7.03. The molecule has 0 atom stereocenters. The van der Waals surface area contributed by atoms with Crippen LogP contribution < -0.4 is 5.32 Å². The average molecular weight is 386 g/mol. The smallest absolute Gasteiger partial charge is 0.0652 e. The summed E-state index contributed by atoms with van der Waals surface area (Å²) in [4.78, 5) is 1.25. The van der Waals surface area contributed by atoms with E-state index < -0.39 is 0 Å². The molecule has 2 rings (SSSR count). The number of hydrogen-bond donors (Lipinski definition) is 1. The van der Waals surface area contributed by atoms with Crippen molar-refractivity contribution in [2.24, 2.45) is 0 Å². The molecule has 6 heteroatoms. The standard InChI is InChI=1S/C12H9BrCl3NS/c13-7-3-8(18-6-7)4-17-5-9-10(14)1-2-11(15)12(9)16/h1-3,6,17H,4-5H2. The van der Waals surface area contributed by atoms with Crippen LogP contribution in [-0.4, -0.2) is 0 Å². The topological polar surface area (TPSA) is 12.0 Å². The Bertz CT molecular complexity index is 556. The number of benzene rings is 1. The lowest BCUT2D eigenvalue weighted by Gasteiger charge is -2.09. The molecule has 0 aliphatic carbocycles. The highest BCUT2D eigenvalue weighted by molar-refractivity contribution is 9.10. The second-order valence-electron chi connectivity index (χ2n) is 3.66. The second kappa shape index (κ2) is 6.60. The maximum Gasteiger partial charge on any atom is 0.0652 e. The van der Waals surface area contributed by atoms with Crippen LogP contribution >= 0.6 is 62.1 Å². The van der Waals surface area contributed by atoms with E-state index in [1.165, 1.54) is 4.88 Å². The fourth-order valence-electron chi connectivity index (χ4n) is 1.49. The Labute approximate surface area is 133 Å². The molecule has 0 fully saturated rings. The van der Waals surface area contributed by atoms with Crippen LogP contribution in [0.3, 0.4) is 0 Å². The van der Waals surface area contributed by atoms with Crippen LogP contribution in [0.2, 0.25) is 15.1 Å². The molecule has 0 radical (unpaired) electrons. The highest BCUT2D eigenvalue weighted by Gasteiger charge is 2.09. The van der Waals surface area contributed by atoms with E-state index in [1.807, 2.05) is 0 Å². The van der Waals surface area contributed by atoms with Gasteiger partial charge in [0.2, 0.25) is 0 Å². The van der Waals surface area contributed by atoms with Crippen LogP contribution in [0.5, 0.6) is 0 Å². The summed E-state index contributed by atoms with van der Waals surface area (Å²) in [5.74, 6) is 0. The minimum atomic E-state index is 0.518. The molecule has 0 aliphatic heterocycles. The van der Waals surface area contributed by atoms with E-state index in [0.29, 0.717) is 21.6 Å². The molecule has 1 aromatic heterocycles. The molecule has 1 N–H and O–H groups in total. The molecule has 1 aromatic carbocycles. The van der Waals surface area contributed by atoms with Crippen LogP contribution in [0.25, 0.3) is 0 Å². The zero-order chi connectivity index (χ0) is 13.1. The van der Waals surface area contributed by atoms with Gasteiger partial charge in [0.1, 0.15) is 0 Å². The molecule has 0 saturated carbocycles. The highest BCUT2D eigenvalue weighted by atomic mass is 79.9. The van der Waals surface area contributed by atoms with Crippen LogP contribution in [0.15, 0.2) is 28.1 Å². The van der Waals surface area contributed by atoms with E-state index in [9.17, 15) is 0 Å². The van der Waals surface area contributed by atoms with E-state index in [4.69, 9.17) is 34.8 Å². The van der Waals surface area contributed by atoms with Crippen LogP contribution in [0, 0.1) is 0 Å². The summed E-state index contributed by atoms with van der Waals surface area (Å²) in [6, 6.07) is 5.54. The summed E-state index contributed by atoms with van der Waals surface area (Å²) in [6.07, 6.45) is 0. The number of thiophene rings is 1. The third kappa shape index (κ3) is 3.62. The third-order valence-corrected chi connectivity index (χ3v) is 5.26. The van der Waals surface area contributed by atoms with Gasteiger partial charge in [-0.3, -0.25) is 0 Å². The summed E-state index contributed by atoms with van der Waals surface area (Å²) < 4.78 is 1.10. The first kappa shape index (κ1) is 14.6. The lowest BCUT2D eigenvalue weighted by atomic mass is 10.2. The van der Waals surface area contributed by atoms with Crippen molar-refractivity contribution in [3.63, 3.8) is 0 Å². The normalized spacial score (nSPS) is 10.9. The van der Waals surface area contributed by atoms with Gasteiger partial charge in [-0.25, -0.2) is 0 Å². The largest absolute Gasteiger partial charge is 0.308 e. The van der Waals surface area contributed by atoms with Crippen molar-refractivity contribution >= 4 is 62.1 Å². The zero-order valence-corrected chi connectivity index (χ0v) is 13.8. The summed E-state index contributed by atoms with van der Waals surface area (Å²) in [7, 11) is 0. The molecule has 0 bridgehead atoms. The molecule has 0 unspecified atom stereocenters. The summed E-state index contributed by atoms with van der Waals surface area (Å²) in [6.45, 7) is 1.36. The molecule has 96 valence electrons.